The van der Waals surface area contributed by atoms with Crippen LogP contribution in [0.1, 0.15) is 25.8 Å². The summed E-state index contributed by atoms with van der Waals surface area (Å²) in [5, 5.41) is 9.53. The average molecular weight is 249 g/mol. The van der Waals surface area contributed by atoms with Gasteiger partial charge in [0.05, 0.1) is 0 Å². The third kappa shape index (κ3) is 4.45. The SMILES string of the molecule is CCCc1cccc(OC(=O)C(C)NC(=N)N)c1. The van der Waals surface area contributed by atoms with Crippen molar-refractivity contribution in [1.82, 2.24) is 5.32 Å². The van der Waals surface area contributed by atoms with Gasteiger partial charge in [-0.2, -0.15) is 0 Å². The molecular formula is C13H19N3O2. The summed E-state index contributed by atoms with van der Waals surface area (Å²) in [6.07, 6.45) is 1.99. The molecule has 1 aromatic carbocycles. The fourth-order valence-electron chi connectivity index (χ4n) is 1.55. The predicted molar refractivity (Wildman–Crippen MR) is 70.6 cm³/mol. The van der Waals surface area contributed by atoms with Gasteiger partial charge in [-0.05, 0) is 31.0 Å². The van der Waals surface area contributed by atoms with Gasteiger partial charge in [0.1, 0.15) is 11.8 Å². The van der Waals surface area contributed by atoms with Crippen LogP contribution in [0.3, 0.4) is 0 Å². The number of hydrogen-bond donors (Lipinski definition) is 3. The second-order valence-corrected chi connectivity index (χ2v) is 4.10. The summed E-state index contributed by atoms with van der Waals surface area (Å²) >= 11 is 0. The number of carbonyl (C=O) groups excluding carboxylic acids is 1. The van der Waals surface area contributed by atoms with E-state index >= 15 is 0 Å². The first-order chi connectivity index (χ1) is 8.52. The highest BCUT2D eigenvalue weighted by molar-refractivity contribution is 5.84. The minimum Gasteiger partial charge on any atom is -0.425 e. The predicted octanol–water partition coefficient (Wildman–Crippen LogP) is 1.42. The molecule has 1 rings (SSSR count). The summed E-state index contributed by atoms with van der Waals surface area (Å²) in [7, 11) is 0. The molecule has 0 heterocycles. The number of nitrogens with two attached hydrogens (primary N) is 1. The van der Waals surface area contributed by atoms with Crippen LogP contribution in [0.2, 0.25) is 0 Å². The molecule has 0 aliphatic rings. The molecule has 1 unspecified atom stereocenters. The summed E-state index contributed by atoms with van der Waals surface area (Å²) in [6.45, 7) is 3.69. The maximum absolute atomic E-state index is 11.7. The average Bonchev–Trinajstić information content (AvgIpc) is 2.29. The normalized spacial score (nSPS) is 11.7. The molecule has 0 aliphatic heterocycles. The molecule has 0 fully saturated rings. The van der Waals surface area contributed by atoms with Crippen LogP contribution in [0.5, 0.6) is 5.75 Å². The molecular weight excluding hydrogens is 230 g/mol. The molecule has 98 valence electrons. The smallest absolute Gasteiger partial charge is 0.333 e. The van der Waals surface area contributed by atoms with E-state index in [1.807, 2.05) is 18.2 Å². The van der Waals surface area contributed by atoms with E-state index in [2.05, 4.69) is 12.2 Å². The Morgan fingerprint density at radius 3 is 2.89 bits per heavy atom. The fourth-order valence-corrected chi connectivity index (χ4v) is 1.55. The van der Waals surface area contributed by atoms with Crippen LogP contribution in [-0.4, -0.2) is 18.0 Å². The van der Waals surface area contributed by atoms with Gasteiger partial charge in [-0.1, -0.05) is 25.5 Å². The van der Waals surface area contributed by atoms with Gasteiger partial charge in [0.25, 0.3) is 0 Å². The van der Waals surface area contributed by atoms with Crippen molar-refractivity contribution >= 4 is 11.9 Å². The Morgan fingerprint density at radius 2 is 2.28 bits per heavy atom. The van der Waals surface area contributed by atoms with Crippen molar-refractivity contribution in [3.63, 3.8) is 0 Å². The highest BCUT2D eigenvalue weighted by Crippen LogP contribution is 2.15. The molecule has 1 aromatic rings. The van der Waals surface area contributed by atoms with Crippen LogP contribution in [-0.2, 0) is 11.2 Å². The molecule has 0 aliphatic carbocycles. The van der Waals surface area contributed by atoms with Crippen molar-refractivity contribution in [2.24, 2.45) is 5.73 Å². The molecule has 1 atom stereocenters. The Kier molecular flexibility index (Phi) is 5.17. The number of esters is 1. The van der Waals surface area contributed by atoms with Crippen molar-refractivity contribution in [2.75, 3.05) is 0 Å². The van der Waals surface area contributed by atoms with Gasteiger partial charge in [0.15, 0.2) is 5.96 Å². The largest absolute Gasteiger partial charge is 0.425 e. The third-order valence-corrected chi connectivity index (χ3v) is 2.38. The van der Waals surface area contributed by atoms with Gasteiger partial charge in [0.2, 0.25) is 0 Å². The van der Waals surface area contributed by atoms with Crippen LogP contribution >= 0.6 is 0 Å². The first kappa shape index (κ1) is 14.0. The standard InChI is InChI=1S/C13H19N3O2/c1-3-5-10-6-4-7-11(8-10)18-12(17)9(2)16-13(14)15/h4,6-9H,3,5H2,1-2H3,(H4,14,15,16). The number of hydrogen-bond acceptors (Lipinski definition) is 3. The molecule has 0 amide bonds. The van der Waals surface area contributed by atoms with E-state index in [1.165, 1.54) is 0 Å². The summed E-state index contributed by atoms with van der Waals surface area (Å²) in [4.78, 5) is 11.7. The number of ether oxygens (including phenoxy) is 1. The lowest BCUT2D eigenvalue weighted by Crippen LogP contribution is -2.43. The van der Waals surface area contributed by atoms with Gasteiger partial charge in [0, 0.05) is 0 Å². The maximum atomic E-state index is 11.7. The highest BCUT2D eigenvalue weighted by atomic mass is 16.5. The van der Waals surface area contributed by atoms with Crippen molar-refractivity contribution in [3.8, 4) is 5.75 Å². The topological polar surface area (TPSA) is 88.2 Å². The highest BCUT2D eigenvalue weighted by Gasteiger charge is 2.15. The zero-order valence-corrected chi connectivity index (χ0v) is 10.7. The minimum absolute atomic E-state index is 0.251. The van der Waals surface area contributed by atoms with Crippen LogP contribution in [0, 0.1) is 5.41 Å². The second-order valence-electron chi connectivity index (χ2n) is 4.10. The van der Waals surface area contributed by atoms with Gasteiger partial charge >= 0.3 is 5.97 Å². The summed E-state index contributed by atoms with van der Waals surface area (Å²) in [5.74, 6) is -0.193. The fraction of sp³-hybridized carbons (Fsp3) is 0.385. The van der Waals surface area contributed by atoms with E-state index in [-0.39, 0.29) is 5.96 Å². The summed E-state index contributed by atoms with van der Waals surface area (Å²) < 4.78 is 5.21. The number of nitrogens with one attached hydrogen (secondary N) is 2. The van der Waals surface area contributed by atoms with Crippen molar-refractivity contribution < 1.29 is 9.53 Å². The lowest BCUT2D eigenvalue weighted by molar-refractivity contribution is -0.135. The molecule has 4 N–H and O–H groups in total. The quantitative estimate of drug-likeness (QED) is 0.319. The number of guanidine groups is 1. The molecule has 0 spiro atoms. The Bertz CT molecular complexity index is 432. The number of carbonyl (C=O) groups is 1. The van der Waals surface area contributed by atoms with Crippen LogP contribution in [0.4, 0.5) is 0 Å². The molecule has 0 radical (unpaired) electrons. The maximum Gasteiger partial charge on any atom is 0.333 e. The summed E-state index contributed by atoms with van der Waals surface area (Å²) in [5.41, 5.74) is 6.29. The molecule has 5 heteroatoms. The molecule has 0 saturated heterocycles. The summed E-state index contributed by atoms with van der Waals surface area (Å²) in [6, 6.07) is 6.80. The molecule has 5 nitrogen and oxygen atoms in total. The van der Waals surface area contributed by atoms with Gasteiger partial charge in [-0.25, -0.2) is 4.79 Å². The molecule has 0 saturated carbocycles. The molecule has 18 heavy (non-hydrogen) atoms. The Morgan fingerprint density at radius 1 is 1.56 bits per heavy atom. The first-order valence-electron chi connectivity index (χ1n) is 5.94. The van der Waals surface area contributed by atoms with E-state index in [4.69, 9.17) is 15.9 Å². The Balaban J connectivity index is 2.63. The van der Waals surface area contributed by atoms with Crippen molar-refractivity contribution in [2.45, 2.75) is 32.7 Å². The van der Waals surface area contributed by atoms with Crippen molar-refractivity contribution in [3.05, 3.63) is 29.8 Å². The zero-order chi connectivity index (χ0) is 13.5. The molecule has 0 aromatic heterocycles. The zero-order valence-electron chi connectivity index (χ0n) is 10.7. The minimum atomic E-state index is -0.641. The monoisotopic (exact) mass is 249 g/mol. The number of benzene rings is 1. The second kappa shape index (κ2) is 6.64. The van der Waals surface area contributed by atoms with Crippen molar-refractivity contribution in [1.29, 1.82) is 5.41 Å². The van der Waals surface area contributed by atoms with Crippen LogP contribution in [0.15, 0.2) is 24.3 Å². The van der Waals surface area contributed by atoms with Gasteiger partial charge < -0.3 is 15.8 Å². The van der Waals surface area contributed by atoms with Gasteiger partial charge in [-0.15, -0.1) is 0 Å². The first-order valence-corrected chi connectivity index (χ1v) is 5.94. The third-order valence-electron chi connectivity index (χ3n) is 2.38. The van der Waals surface area contributed by atoms with E-state index in [1.54, 1.807) is 13.0 Å². The lowest BCUT2D eigenvalue weighted by atomic mass is 10.1. The van der Waals surface area contributed by atoms with E-state index in [0.29, 0.717) is 5.75 Å². The van der Waals surface area contributed by atoms with Crippen LogP contribution < -0.4 is 15.8 Å². The lowest BCUT2D eigenvalue weighted by Gasteiger charge is -2.13. The van der Waals surface area contributed by atoms with E-state index in [9.17, 15) is 4.79 Å². The van der Waals surface area contributed by atoms with E-state index < -0.39 is 12.0 Å². The van der Waals surface area contributed by atoms with Gasteiger partial charge in [-0.3, -0.25) is 5.41 Å². The number of aryl methyl sites for hydroxylation is 1. The number of rotatable bonds is 5. The Hall–Kier alpha value is -2.04. The molecule has 0 bridgehead atoms. The Labute approximate surface area is 107 Å². The van der Waals surface area contributed by atoms with Crippen LogP contribution in [0.25, 0.3) is 0 Å². The van der Waals surface area contributed by atoms with E-state index in [0.717, 1.165) is 18.4 Å².